The molecule has 4 rings (SSSR count). The third-order valence-corrected chi connectivity index (χ3v) is 4.38. The molecule has 2 heterocycles. The van der Waals surface area contributed by atoms with Gasteiger partial charge in [-0.3, -0.25) is 4.79 Å². The SMILES string of the molecule is Cc1ccc(-c2cc(C(=O)N[C@@H]3C=CNC(=O)N3)c3ccccc3n2)cc1. The molecule has 134 valence electrons. The van der Waals surface area contributed by atoms with Gasteiger partial charge in [-0.1, -0.05) is 48.0 Å². The summed E-state index contributed by atoms with van der Waals surface area (Å²) < 4.78 is 0. The molecule has 0 spiro atoms. The van der Waals surface area contributed by atoms with Crippen LogP contribution in [0.5, 0.6) is 0 Å². The van der Waals surface area contributed by atoms with Crippen molar-refractivity contribution in [1.82, 2.24) is 20.9 Å². The Hall–Kier alpha value is -3.67. The Balaban J connectivity index is 1.75. The maximum absolute atomic E-state index is 12.9. The van der Waals surface area contributed by atoms with Crippen molar-refractivity contribution in [3.63, 3.8) is 0 Å². The van der Waals surface area contributed by atoms with Gasteiger partial charge in [-0.15, -0.1) is 0 Å². The predicted octanol–water partition coefficient (Wildman–Crippen LogP) is 3.09. The highest BCUT2D eigenvalue weighted by Crippen LogP contribution is 2.25. The average molecular weight is 358 g/mol. The molecule has 0 saturated carbocycles. The first kappa shape index (κ1) is 16.8. The molecule has 1 aliphatic heterocycles. The lowest BCUT2D eigenvalue weighted by atomic mass is 10.0. The molecule has 3 N–H and O–H groups in total. The van der Waals surface area contributed by atoms with Gasteiger partial charge in [0, 0.05) is 17.1 Å². The lowest BCUT2D eigenvalue weighted by Gasteiger charge is -2.20. The lowest BCUT2D eigenvalue weighted by molar-refractivity contribution is 0.0942. The molecule has 6 nitrogen and oxygen atoms in total. The zero-order chi connectivity index (χ0) is 18.8. The Morgan fingerprint density at radius 2 is 1.89 bits per heavy atom. The molecule has 27 heavy (non-hydrogen) atoms. The number of nitrogens with zero attached hydrogens (tertiary/aromatic N) is 1. The maximum Gasteiger partial charge on any atom is 0.320 e. The van der Waals surface area contributed by atoms with Gasteiger partial charge in [-0.05, 0) is 25.1 Å². The van der Waals surface area contributed by atoms with Crippen LogP contribution in [-0.2, 0) is 0 Å². The number of amides is 3. The van der Waals surface area contributed by atoms with E-state index in [0.29, 0.717) is 5.56 Å². The highest BCUT2D eigenvalue weighted by atomic mass is 16.2. The second-order valence-corrected chi connectivity index (χ2v) is 6.37. The van der Waals surface area contributed by atoms with Crippen LogP contribution in [0.2, 0.25) is 0 Å². The van der Waals surface area contributed by atoms with Gasteiger partial charge in [0.25, 0.3) is 5.91 Å². The first-order chi connectivity index (χ1) is 13.1. The summed E-state index contributed by atoms with van der Waals surface area (Å²) in [5, 5.41) is 8.71. The Bertz CT molecular complexity index is 1060. The first-order valence-corrected chi connectivity index (χ1v) is 8.61. The van der Waals surface area contributed by atoms with Gasteiger partial charge in [-0.2, -0.15) is 0 Å². The summed E-state index contributed by atoms with van der Waals surface area (Å²) in [6, 6.07) is 17.0. The quantitative estimate of drug-likeness (QED) is 0.673. The molecule has 1 aromatic heterocycles. The topological polar surface area (TPSA) is 83.1 Å². The summed E-state index contributed by atoms with van der Waals surface area (Å²) in [5.74, 6) is -0.279. The summed E-state index contributed by atoms with van der Waals surface area (Å²) in [6.07, 6.45) is 2.61. The number of hydrogen-bond donors (Lipinski definition) is 3. The second kappa shape index (κ2) is 6.92. The highest BCUT2D eigenvalue weighted by molar-refractivity contribution is 6.07. The molecule has 0 aliphatic carbocycles. The zero-order valence-corrected chi connectivity index (χ0v) is 14.7. The van der Waals surface area contributed by atoms with E-state index in [1.165, 1.54) is 6.20 Å². The van der Waals surface area contributed by atoms with E-state index in [4.69, 9.17) is 4.98 Å². The monoisotopic (exact) mass is 358 g/mol. The van der Waals surface area contributed by atoms with Crippen LogP contribution in [0.1, 0.15) is 15.9 Å². The first-order valence-electron chi connectivity index (χ1n) is 8.61. The van der Waals surface area contributed by atoms with Crippen molar-refractivity contribution < 1.29 is 9.59 Å². The molecule has 2 aromatic carbocycles. The van der Waals surface area contributed by atoms with Crippen LogP contribution in [0.15, 0.2) is 66.9 Å². The van der Waals surface area contributed by atoms with Gasteiger partial charge in [0.15, 0.2) is 0 Å². The normalized spacial score (nSPS) is 15.9. The van der Waals surface area contributed by atoms with E-state index in [-0.39, 0.29) is 11.9 Å². The van der Waals surface area contributed by atoms with E-state index in [9.17, 15) is 9.59 Å². The molecular formula is C21H18N4O2. The van der Waals surface area contributed by atoms with Crippen molar-refractivity contribution in [3.05, 3.63) is 78.0 Å². The van der Waals surface area contributed by atoms with Crippen molar-refractivity contribution in [2.24, 2.45) is 0 Å². The molecule has 0 fully saturated rings. The Morgan fingerprint density at radius 1 is 1.11 bits per heavy atom. The zero-order valence-electron chi connectivity index (χ0n) is 14.7. The fourth-order valence-electron chi connectivity index (χ4n) is 2.99. The molecule has 1 atom stereocenters. The number of aryl methyl sites for hydroxylation is 1. The van der Waals surface area contributed by atoms with Gasteiger partial charge in [-0.25, -0.2) is 9.78 Å². The molecule has 3 amide bonds. The van der Waals surface area contributed by atoms with E-state index >= 15 is 0 Å². The fourth-order valence-corrected chi connectivity index (χ4v) is 2.99. The fraction of sp³-hybridized carbons (Fsp3) is 0.0952. The number of carbonyl (C=O) groups excluding carboxylic acids is 2. The number of para-hydroxylation sites is 1. The summed E-state index contributed by atoms with van der Waals surface area (Å²) in [5.41, 5.74) is 4.08. The van der Waals surface area contributed by atoms with Crippen molar-refractivity contribution in [2.75, 3.05) is 0 Å². The van der Waals surface area contributed by atoms with Crippen molar-refractivity contribution >= 4 is 22.8 Å². The van der Waals surface area contributed by atoms with Crippen molar-refractivity contribution in [2.45, 2.75) is 13.1 Å². The van der Waals surface area contributed by atoms with Crippen LogP contribution >= 0.6 is 0 Å². The largest absolute Gasteiger partial charge is 0.328 e. The molecule has 0 saturated heterocycles. The lowest BCUT2D eigenvalue weighted by Crippen LogP contribution is -2.52. The van der Waals surface area contributed by atoms with Crippen LogP contribution in [0.3, 0.4) is 0 Å². The van der Waals surface area contributed by atoms with E-state index in [0.717, 1.165) is 27.7 Å². The predicted molar refractivity (Wildman–Crippen MR) is 104 cm³/mol. The minimum absolute atomic E-state index is 0.279. The summed E-state index contributed by atoms with van der Waals surface area (Å²) in [7, 11) is 0. The van der Waals surface area contributed by atoms with Crippen LogP contribution in [-0.4, -0.2) is 23.1 Å². The molecular weight excluding hydrogens is 340 g/mol. The number of carbonyl (C=O) groups is 2. The molecule has 3 aromatic rings. The number of rotatable bonds is 3. The Kier molecular flexibility index (Phi) is 4.30. The van der Waals surface area contributed by atoms with Gasteiger partial charge in [0.05, 0.1) is 16.8 Å². The third kappa shape index (κ3) is 3.50. The molecule has 0 unspecified atom stereocenters. The number of fused-ring (bicyclic) bond motifs is 1. The highest BCUT2D eigenvalue weighted by Gasteiger charge is 2.19. The van der Waals surface area contributed by atoms with Gasteiger partial charge < -0.3 is 16.0 Å². The number of aromatic nitrogens is 1. The standard InChI is InChI=1S/C21H18N4O2/c1-13-6-8-14(9-7-13)18-12-16(15-4-2-3-5-17(15)23-18)20(26)24-19-10-11-22-21(27)25-19/h2-12,19H,1H3,(H,24,26)(H2,22,25,27)/t19-/m0/s1. The number of pyridine rings is 1. The number of urea groups is 1. The summed E-state index contributed by atoms with van der Waals surface area (Å²) in [6.45, 7) is 2.03. The van der Waals surface area contributed by atoms with Crippen LogP contribution in [0.25, 0.3) is 22.2 Å². The molecule has 6 heteroatoms. The van der Waals surface area contributed by atoms with Gasteiger partial charge >= 0.3 is 6.03 Å². The van der Waals surface area contributed by atoms with E-state index in [1.54, 1.807) is 12.1 Å². The van der Waals surface area contributed by atoms with E-state index in [2.05, 4.69) is 16.0 Å². The van der Waals surface area contributed by atoms with Crippen molar-refractivity contribution in [3.8, 4) is 11.3 Å². The third-order valence-electron chi connectivity index (χ3n) is 4.38. The number of hydrogen-bond acceptors (Lipinski definition) is 3. The van der Waals surface area contributed by atoms with Gasteiger partial charge in [0.1, 0.15) is 6.17 Å². The Labute approximate surface area is 156 Å². The summed E-state index contributed by atoms with van der Waals surface area (Å²) in [4.78, 5) is 29.1. The molecule has 0 bridgehead atoms. The average Bonchev–Trinajstić information content (AvgIpc) is 2.67. The molecule has 0 radical (unpaired) electrons. The minimum atomic E-state index is -0.569. The summed E-state index contributed by atoms with van der Waals surface area (Å²) >= 11 is 0. The van der Waals surface area contributed by atoms with E-state index < -0.39 is 6.17 Å². The van der Waals surface area contributed by atoms with Crippen molar-refractivity contribution in [1.29, 1.82) is 0 Å². The number of benzene rings is 2. The van der Waals surface area contributed by atoms with E-state index in [1.807, 2.05) is 55.5 Å². The van der Waals surface area contributed by atoms with Crippen LogP contribution in [0.4, 0.5) is 4.79 Å². The van der Waals surface area contributed by atoms with Crippen LogP contribution in [0, 0.1) is 6.92 Å². The maximum atomic E-state index is 12.9. The smallest absolute Gasteiger partial charge is 0.320 e. The van der Waals surface area contributed by atoms with Gasteiger partial charge in [0.2, 0.25) is 0 Å². The van der Waals surface area contributed by atoms with Crippen LogP contribution < -0.4 is 16.0 Å². The Morgan fingerprint density at radius 3 is 2.67 bits per heavy atom. The second-order valence-electron chi connectivity index (χ2n) is 6.37. The minimum Gasteiger partial charge on any atom is -0.328 e. The molecule has 1 aliphatic rings. The number of nitrogens with one attached hydrogen (secondary N) is 3.